The van der Waals surface area contributed by atoms with Gasteiger partial charge in [-0.1, -0.05) is 15.9 Å². The molecule has 0 fully saturated rings. The van der Waals surface area contributed by atoms with Crippen molar-refractivity contribution in [3.05, 3.63) is 45.1 Å². The summed E-state index contributed by atoms with van der Waals surface area (Å²) in [6.07, 6.45) is 3.31. The van der Waals surface area contributed by atoms with Crippen LogP contribution in [-0.4, -0.2) is 20.9 Å². The van der Waals surface area contributed by atoms with Gasteiger partial charge in [-0.05, 0) is 34.1 Å². The van der Waals surface area contributed by atoms with E-state index >= 15 is 0 Å². The van der Waals surface area contributed by atoms with Gasteiger partial charge in [0.2, 0.25) is 0 Å². The van der Waals surface area contributed by atoms with Crippen molar-refractivity contribution < 1.29 is 9.90 Å². The number of halogens is 2. The van der Waals surface area contributed by atoms with Crippen LogP contribution in [0.25, 0.3) is 5.69 Å². The fraction of sp³-hybridized carbons (Fsp3) is 0. The molecule has 1 N–H and O–H groups in total. The van der Waals surface area contributed by atoms with Crippen molar-refractivity contribution >= 4 is 37.8 Å². The predicted octanol–water partition coefficient (Wildman–Crippen LogP) is 3.10. The topological polar surface area (TPSA) is 55.1 Å². The molecule has 2 rings (SSSR count). The van der Waals surface area contributed by atoms with Crippen LogP contribution in [-0.2, 0) is 0 Å². The summed E-state index contributed by atoms with van der Waals surface area (Å²) < 4.78 is 3.03. The lowest BCUT2D eigenvalue weighted by Gasteiger charge is -2.06. The fourth-order valence-corrected chi connectivity index (χ4v) is 1.96. The van der Waals surface area contributed by atoms with Gasteiger partial charge in [-0.2, -0.15) is 5.10 Å². The third-order valence-corrected chi connectivity index (χ3v) is 2.89. The van der Waals surface area contributed by atoms with Gasteiger partial charge in [-0.25, -0.2) is 9.48 Å². The summed E-state index contributed by atoms with van der Waals surface area (Å²) in [6.45, 7) is 0. The quantitative estimate of drug-likeness (QED) is 0.909. The zero-order chi connectivity index (χ0) is 11.7. The second-order valence-corrected chi connectivity index (χ2v) is 4.90. The molecule has 0 aliphatic rings. The Kier molecular flexibility index (Phi) is 3.11. The van der Waals surface area contributed by atoms with Crippen molar-refractivity contribution in [1.82, 2.24) is 9.78 Å². The molecule has 0 aliphatic heterocycles. The summed E-state index contributed by atoms with van der Waals surface area (Å²) in [4.78, 5) is 11.1. The minimum absolute atomic E-state index is 0.199. The molecule has 1 aromatic carbocycles. The van der Waals surface area contributed by atoms with Gasteiger partial charge in [0, 0.05) is 10.7 Å². The Morgan fingerprint density at radius 1 is 1.31 bits per heavy atom. The Labute approximate surface area is 108 Å². The monoisotopic (exact) mass is 344 g/mol. The Morgan fingerprint density at radius 2 is 2.06 bits per heavy atom. The lowest BCUT2D eigenvalue weighted by molar-refractivity contribution is 0.0696. The largest absolute Gasteiger partial charge is 0.478 e. The van der Waals surface area contributed by atoms with E-state index in [4.69, 9.17) is 5.11 Å². The van der Waals surface area contributed by atoms with Crippen LogP contribution in [0.1, 0.15) is 10.4 Å². The van der Waals surface area contributed by atoms with Crippen molar-refractivity contribution in [3.8, 4) is 5.69 Å². The van der Waals surface area contributed by atoms with Gasteiger partial charge in [-0.3, -0.25) is 0 Å². The molecule has 0 spiro atoms. The van der Waals surface area contributed by atoms with Gasteiger partial charge in [0.1, 0.15) is 0 Å². The molecule has 0 radical (unpaired) electrons. The highest BCUT2D eigenvalue weighted by Gasteiger charge is 2.12. The van der Waals surface area contributed by atoms with E-state index in [9.17, 15) is 4.79 Å². The number of hydrogen-bond acceptors (Lipinski definition) is 2. The first-order valence-corrected chi connectivity index (χ1v) is 5.90. The summed E-state index contributed by atoms with van der Waals surface area (Å²) in [5, 5.41) is 13.1. The van der Waals surface area contributed by atoms with E-state index in [2.05, 4.69) is 37.0 Å². The molecule has 16 heavy (non-hydrogen) atoms. The predicted molar refractivity (Wildman–Crippen MR) is 65.9 cm³/mol. The van der Waals surface area contributed by atoms with Crippen LogP contribution in [0, 0.1) is 0 Å². The lowest BCUT2D eigenvalue weighted by Crippen LogP contribution is -2.05. The standard InChI is InChI=1S/C10H6Br2N2O2/c11-6-1-2-9(8(3-6)10(15)16)14-5-7(12)4-13-14/h1-5H,(H,15,16). The van der Waals surface area contributed by atoms with E-state index in [1.54, 1.807) is 30.6 Å². The van der Waals surface area contributed by atoms with Gasteiger partial charge >= 0.3 is 5.97 Å². The molecular weight excluding hydrogens is 340 g/mol. The van der Waals surface area contributed by atoms with E-state index in [1.165, 1.54) is 4.68 Å². The number of carboxylic acid groups (broad SMARTS) is 1. The van der Waals surface area contributed by atoms with E-state index in [1.807, 2.05) is 0 Å². The highest BCUT2D eigenvalue weighted by Crippen LogP contribution is 2.21. The lowest BCUT2D eigenvalue weighted by atomic mass is 10.2. The average molecular weight is 346 g/mol. The number of carboxylic acids is 1. The van der Waals surface area contributed by atoms with Crippen molar-refractivity contribution in [2.24, 2.45) is 0 Å². The van der Waals surface area contributed by atoms with Gasteiger partial charge in [0.05, 0.1) is 21.9 Å². The molecule has 0 bridgehead atoms. The van der Waals surface area contributed by atoms with Crippen LogP contribution in [0.5, 0.6) is 0 Å². The van der Waals surface area contributed by atoms with E-state index < -0.39 is 5.97 Å². The normalized spacial score (nSPS) is 10.4. The van der Waals surface area contributed by atoms with Gasteiger partial charge < -0.3 is 5.11 Å². The summed E-state index contributed by atoms with van der Waals surface area (Å²) in [6, 6.07) is 5.03. The number of rotatable bonds is 2. The van der Waals surface area contributed by atoms with Gasteiger partial charge in [0.15, 0.2) is 0 Å². The third-order valence-electron chi connectivity index (χ3n) is 1.99. The number of benzene rings is 1. The van der Waals surface area contributed by atoms with Crippen molar-refractivity contribution in [1.29, 1.82) is 0 Å². The highest BCUT2D eigenvalue weighted by atomic mass is 79.9. The maximum Gasteiger partial charge on any atom is 0.337 e. The van der Waals surface area contributed by atoms with Gasteiger partial charge in [0.25, 0.3) is 0 Å². The maximum absolute atomic E-state index is 11.1. The summed E-state index contributed by atoms with van der Waals surface area (Å²) >= 11 is 6.51. The Bertz CT molecular complexity index is 552. The SMILES string of the molecule is O=C(O)c1cc(Br)ccc1-n1cc(Br)cn1. The molecule has 0 saturated carbocycles. The first-order chi connectivity index (χ1) is 7.58. The van der Waals surface area contributed by atoms with E-state index in [-0.39, 0.29) is 5.56 Å². The Morgan fingerprint density at radius 3 is 2.62 bits per heavy atom. The minimum Gasteiger partial charge on any atom is -0.478 e. The van der Waals surface area contributed by atoms with E-state index in [0.717, 1.165) is 8.95 Å². The molecule has 0 unspecified atom stereocenters. The third kappa shape index (κ3) is 2.17. The molecule has 2 aromatic rings. The second-order valence-electron chi connectivity index (χ2n) is 3.07. The molecule has 1 aromatic heterocycles. The van der Waals surface area contributed by atoms with Crippen LogP contribution in [0.4, 0.5) is 0 Å². The minimum atomic E-state index is -0.983. The number of hydrogen-bond donors (Lipinski definition) is 1. The van der Waals surface area contributed by atoms with Crippen molar-refractivity contribution in [2.75, 3.05) is 0 Å². The summed E-state index contributed by atoms with van der Waals surface area (Å²) in [5.41, 5.74) is 0.728. The van der Waals surface area contributed by atoms with E-state index in [0.29, 0.717) is 5.69 Å². The molecule has 0 amide bonds. The van der Waals surface area contributed by atoms with Crippen molar-refractivity contribution in [3.63, 3.8) is 0 Å². The molecule has 0 aliphatic carbocycles. The zero-order valence-corrected chi connectivity index (χ0v) is 11.1. The first-order valence-electron chi connectivity index (χ1n) is 4.31. The fourth-order valence-electron chi connectivity index (χ4n) is 1.31. The second kappa shape index (κ2) is 4.39. The molecule has 82 valence electrons. The summed E-state index contributed by atoms with van der Waals surface area (Å²) in [7, 11) is 0. The number of carbonyl (C=O) groups is 1. The average Bonchev–Trinajstić information content (AvgIpc) is 2.64. The first kappa shape index (κ1) is 11.3. The Balaban J connectivity index is 2.60. The highest BCUT2D eigenvalue weighted by molar-refractivity contribution is 9.10. The summed E-state index contributed by atoms with van der Waals surface area (Å²) in [5.74, 6) is -0.983. The maximum atomic E-state index is 11.1. The molecule has 0 saturated heterocycles. The van der Waals surface area contributed by atoms with Crippen LogP contribution < -0.4 is 0 Å². The molecule has 6 heteroatoms. The van der Waals surface area contributed by atoms with Crippen LogP contribution in [0.3, 0.4) is 0 Å². The van der Waals surface area contributed by atoms with Crippen LogP contribution in [0.15, 0.2) is 39.5 Å². The Hall–Kier alpha value is -1.14. The number of nitrogens with zero attached hydrogens (tertiary/aromatic N) is 2. The van der Waals surface area contributed by atoms with Crippen LogP contribution in [0.2, 0.25) is 0 Å². The van der Waals surface area contributed by atoms with Gasteiger partial charge in [-0.15, -0.1) is 0 Å². The molecule has 0 atom stereocenters. The van der Waals surface area contributed by atoms with Crippen molar-refractivity contribution in [2.45, 2.75) is 0 Å². The number of aromatic nitrogens is 2. The smallest absolute Gasteiger partial charge is 0.337 e. The molecular formula is C10H6Br2N2O2. The van der Waals surface area contributed by atoms with Crippen LogP contribution >= 0.6 is 31.9 Å². The molecule has 4 nitrogen and oxygen atoms in total. The molecule has 1 heterocycles. The zero-order valence-electron chi connectivity index (χ0n) is 7.89. The number of aromatic carboxylic acids is 1.